The van der Waals surface area contributed by atoms with E-state index in [4.69, 9.17) is 16.7 Å². The number of aliphatic carboxylic acids is 1. The molecule has 1 aliphatic heterocycles. The average molecular weight is 268 g/mol. The number of amides is 1. The summed E-state index contributed by atoms with van der Waals surface area (Å²) in [5.41, 5.74) is -0.425. The maximum Gasteiger partial charge on any atom is 0.311 e. The lowest BCUT2D eigenvalue weighted by atomic mass is 9.90. The monoisotopic (exact) mass is 267 g/mol. The van der Waals surface area contributed by atoms with Crippen LogP contribution in [0.15, 0.2) is 24.3 Å². The number of nitrogens with zero attached hydrogens (tertiary/aromatic N) is 1. The minimum atomic E-state index is -0.864. The van der Waals surface area contributed by atoms with Crippen LogP contribution in [0.5, 0.6) is 0 Å². The Morgan fingerprint density at radius 3 is 2.61 bits per heavy atom. The molecule has 1 aromatic rings. The van der Waals surface area contributed by atoms with E-state index in [1.165, 1.54) is 0 Å². The highest BCUT2D eigenvalue weighted by atomic mass is 35.5. The first-order valence-corrected chi connectivity index (χ1v) is 6.09. The SMILES string of the molecule is CC1(C(=O)O)CCN(C(=O)c2ccccc2Cl)C1. The van der Waals surface area contributed by atoms with Crippen LogP contribution in [0, 0.1) is 5.41 Å². The van der Waals surface area contributed by atoms with Gasteiger partial charge in [0.05, 0.1) is 16.0 Å². The third-order valence-corrected chi connectivity index (χ3v) is 3.71. The van der Waals surface area contributed by atoms with Gasteiger partial charge in [0.15, 0.2) is 0 Å². The Bertz CT molecular complexity index is 503. The molecule has 1 amide bonds. The third-order valence-electron chi connectivity index (χ3n) is 3.38. The first-order chi connectivity index (χ1) is 8.44. The molecule has 2 rings (SSSR count). The molecule has 1 unspecified atom stereocenters. The van der Waals surface area contributed by atoms with Crippen molar-refractivity contribution in [2.24, 2.45) is 5.41 Å². The van der Waals surface area contributed by atoms with Gasteiger partial charge in [-0.3, -0.25) is 9.59 Å². The third kappa shape index (κ3) is 2.20. The Labute approximate surface area is 110 Å². The molecule has 1 saturated heterocycles. The molecular weight excluding hydrogens is 254 g/mol. The van der Waals surface area contributed by atoms with Crippen LogP contribution in [0.4, 0.5) is 0 Å². The number of hydrogen-bond acceptors (Lipinski definition) is 2. The fourth-order valence-corrected chi connectivity index (χ4v) is 2.33. The predicted octanol–water partition coefficient (Wildman–Crippen LogP) is 2.28. The zero-order chi connectivity index (χ0) is 13.3. The second-order valence-electron chi connectivity index (χ2n) is 4.82. The van der Waals surface area contributed by atoms with Gasteiger partial charge in [-0.05, 0) is 25.5 Å². The van der Waals surface area contributed by atoms with Gasteiger partial charge in [-0.15, -0.1) is 0 Å². The molecule has 0 bridgehead atoms. The van der Waals surface area contributed by atoms with E-state index in [9.17, 15) is 9.59 Å². The number of carboxylic acids is 1. The molecule has 1 aliphatic rings. The van der Waals surface area contributed by atoms with Crippen LogP contribution in [-0.2, 0) is 4.79 Å². The Morgan fingerprint density at radius 2 is 2.06 bits per heavy atom. The van der Waals surface area contributed by atoms with Crippen LogP contribution in [0.1, 0.15) is 23.7 Å². The topological polar surface area (TPSA) is 57.6 Å². The zero-order valence-electron chi connectivity index (χ0n) is 10.0. The van der Waals surface area contributed by atoms with Gasteiger partial charge in [0, 0.05) is 13.1 Å². The first kappa shape index (κ1) is 12.9. The zero-order valence-corrected chi connectivity index (χ0v) is 10.8. The molecule has 0 spiro atoms. The van der Waals surface area contributed by atoms with Crippen LogP contribution in [0.2, 0.25) is 5.02 Å². The largest absolute Gasteiger partial charge is 0.481 e. The van der Waals surface area contributed by atoms with Crippen LogP contribution >= 0.6 is 11.6 Å². The number of carbonyl (C=O) groups is 2. The van der Waals surface area contributed by atoms with Crippen LogP contribution in [0.3, 0.4) is 0 Å². The number of likely N-dealkylation sites (tertiary alicyclic amines) is 1. The Balaban J connectivity index is 2.18. The van der Waals surface area contributed by atoms with E-state index in [-0.39, 0.29) is 12.5 Å². The summed E-state index contributed by atoms with van der Waals surface area (Å²) >= 11 is 5.97. The number of benzene rings is 1. The molecule has 0 aromatic heterocycles. The summed E-state index contributed by atoms with van der Waals surface area (Å²) < 4.78 is 0. The van der Waals surface area contributed by atoms with E-state index in [0.717, 1.165) is 0 Å². The van der Waals surface area contributed by atoms with E-state index in [0.29, 0.717) is 23.6 Å². The van der Waals surface area contributed by atoms with E-state index < -0.39 is 11.4 Å². The molecule has 96 valence electrons. The Hall–Kier alpha value is -1.55. The standard InChI is InChI=1S/C13H14ClNO3/c1-13(12(17)18)6-7-15(8-13)11(16)9-4-2-3-5-10(9)14/h2-5H,6-8H2,1H3,(H,17,18). The maximum absolute atomic E-state index is 12.2. The van der Waals surface area contributed by atoms with Crippen molar-refractivity contribution in [1.29, 1.82) is 0 Å². The van der Waals surface area contributed by atoms with Crippen molar-refractivity contribution >= 4 is 23.5 Å². The fourth-order valence-electron chi connectivity index (χ4n) is 2.11. The second-order valence-corrected chi connectivity index (χ2v) is 5.23. The van der Waals surface area contributed by atoms with Gasteiger partial charge in [0.1, 0.15) is 0 Å². The number of halogens is 1. The van der Waals surface area contributed by atoms with Gasteiger partial charge in [-0.1, -0.05) is 23.7 Å². The van der Waals surface area contributed by atoms with Gasteiger partial charge in [0.25, 0.3) is 5.91 Å². The second kappa shape index (κ2) is 4.61. The van der Waals surface area contributed by atoms with E-state index in [1.54, 1.807) is 36.1 Å². The lowest BCUT2D eigenvalue weighted by Gasteiger charge is -2.20. The summed E-state index contributed by atoms with van der Waals surface area (Å²) in [7, 11) is 0. The predicted molar refractivity (Wildman–Crippen MR) is 67.7 cm³/mol. The highest BCUT2D eigenvalue weighted by Gasteiger charge is 2.42. The van der Waals surface area contributed by atoms with Crippen molar-refractivity contribution in [3.05, 3.63) is 34.9 Å². The Kier molecular flexibility index (Phi) is 3.30. The summed E-state index contributed by atoms with van der Waals surface area (Å²) in [6, 6.07) is 6.80. The molecule has 1 heterocycles. The average Bonchev–Trinajstić information content (AvgIpc) is 2.73. The van der Waals surface area contributed by atoms with Crippen molar-refractivity contribution in [2.45, 2.75) is 13.3 Å². The van der Waals surface area contributed by atoms with Crippen molar-refractivity contribution in [2.75, 3.05) is 13.1 Å². The normalized spacial score (nSPS) is 23.1. The molecule has 1 fully saturated rings. The highest BCUT2D eigenvalue weighted by molar-refractivity contribution is 6.33. The maximum atomic E-state index is 12.2. The fraction of sp³-hybridized carbons (Fsp3) is 0.385. The number of rotatable bonds is 2. The molecule has 4 nitrogen and oxygen atoms in total. The quantitative estimate of drug-likeness (QED) is 0.894. The van der Waals surface area contributed by atoms with Crippen molar-refractivity contribution in [3.8, 4) is 0 Å². The summed E-state index contributed by atoms with van der Waals surface area (Å²) in [5.74, 6) is -1.07. The summed E-state index contributed by atoms with van der Waals surface area (Å²) in [6.07, 6.45) is 0.471. The first-order valence-electron chi connectivity index (χ1n) is 5.71. The van der Waals surface area contributed by atoms with Gasteiger partial charge < -0.3 is 10.0 Å². The highest BCUT2D eigenvalue weighted by Crippen LogP contribution is 2.31. The minimum Gasteiger partial charge on any atom is -0.481 e. The molecule has 1 N–H and O–H groups in total. The van der Waals surface area contributed by atoms with Gasteiger partial charge in [-0.25, -0.2) is 0 Å². The van der Waals surface area contributed by atoms with Crippen LogP contribution in [-0.4, -0.2) is 35.0 Å². The molecule has 1 atom stereocenters. The van der Waals surface area contributed by atoms with E-state index in [2.05, 4.69) is 0 Å². The lowest BCUT2D eigenvalue weighted by Crippen LogP contribution is -2.34. The van der Waals surface area contributed by atoms with Crippen LogP contribution < -0.4 is 0 Å². The molecular formula is C13H14ClNO3. The van der Waals surface area contributed by atoms with Crippen LogP contribution in [0.25, 0.3) is 0 Å². The molecule has 18 heavy (non-hydrogen) atoms. The number of hydrogen-bond donors (Lipinski definition) is 1. The lowest BCUT2D eigenvalue weighted by molar-refractivity contribution is -0.147. The smallest absolute Gasteiger partial charge is 0.311 e. The Morgan fingerprint density at radius 1 is 1.39 bits per heavy atom. The van der Waals surface area contributed by atoms with E-state index in [1.807, 2.05) is 0 Å². The van der Waals surface area contributed by atoms with Gasteiger partial charge in [-0.2, -0.15) is 0 Å². The number of carboxylic acid groups (broad SMARTS) is 1. The molecule has 0 radical (unpaired) electrons. The molecule has 0 saturated carbocycles. The number of carbonyl (C=O) groups excluding carboxylic acids is 1. The summed E-state index contributed by atoms with van der Waals surface area (Å²) in [4.78, 5) is 24.9. The van der Waals surface area contributed by atoms with Gasteiger partial charge >= 0.3 is 5.97 Å². The van der Waals surface area contributed by atoms with Crippen molar-refractivity contribution in [3.63, 3.8) is 0 Å². The molecule has 1 aromatic carbocycles. The molecule has 5 heteroatoms. The van der Waals surface area contributed by atoms with E-state index >= 15 is 0 Å². The summed E-state index contributed by atoms with van der Waals surface area (Å²) in [5, 5.41) is 9.53. The summed E-state index contributed by atoms with van der Waals surface area (Å²) in [6.45, 7) is 2.34. The minimum absolute atomic E-state index is 0.203. The van der Waals surface area contributed by atoms with Crippen molar-refractivity contribution in [1.82, 2.24) is 4.90 Å². The molecule has 0 aliphatic carbocycles. The van der Waals surface area contributed by atoms with Gasteiger partial charge in [0.2, 0.25) is 0 Å². The van der Waals surface area contributed by atoms with Crippen molar-refractivity contribution < 1.29 is 14.7 Å².